The van der Waals surface area contributed by atoms with Gasteiger partial charge in [0.1, 0.15) is 11.4 Å². The first-order chi connectivity index (χ1) is 13.1. The van der Waals surface area contributed by atoms with Crippen LogP contribution >= 0.6 is 12.4 Å². The van der Waals surface area contributed by atoms with Crippen molar-refractivity contribution in [3.05, 3.63) is 0 Å². The van der Waals surface area contributed by atoms with Crippen molar-refractivity contribution in [1.82, 2.24) is 10.2 Å². The van der Waals surface area contributed by atoms with Gasteiger partial charge in [0.05, 0.1) is 0 Å². The largest absolute Gasteiger partial charge is 0.481 e. The van der Waals surface area contributed by atoms with Crippen molar-refractivity contribution >= 4 is 30.3 Å². The molecule has 2 heterocycles. The Morgan fingerprint density at radius 3 is 2.17 bits per heavy atom. The van der Waals surface area contributed by atoms with Gasteiger partial charge in [-0.05, 0) is 77.3 Å². The highest BCUT2D eigenvalue weighted by molar-refractivity contribution is 5.85. The van der Waals surface area contributed by atoms with Crippen molar-refractivity contribution in [2.24, 2.45) is 17.8 Å². The average Bonchev–Trinajstić information content (AvgIpc) is 3.04. The zero-order chi connectivity index (χ0) is 20.7. The molecule has 2 aliphatic heterocycles. The Hall–Kier alpha value is -1.34. The number of amides is 1. The lowest BCUT2D eigenvalue weighted by atomic mass is 9.99. The topological polar surface area (TPSA) is 95.9 Å². The molecule has 0 aromatic heterocycles. The van der Waals surface area contributed by atoms with Gasteiger partial charge in [0.25, 0.3) is 0 Å². The minimum absolute atomic E-state index is 0. The van der Waals surface area contributed by atoms with Gasteiger partial charge in [-0.1, -0.05) is 0 Å². The number of ketones is 1. The number of carboxylic acid groups (broad SMARTS) is 1. The Morgan fingerprint density at radius 2 is 1.66 bits per heavy atom. The van der Waals surface area contributed by atoms with Crippen LogP contribution in [0.5, 0.6) is 0 Å². The molecule has 0 aromatic carbocycles. The summed E-state index contributed by atoms with van der Waals surface area (Å²) in [5.74, 6) is 1.18. The van der Waals surface area contributed by atoms with Crippen LogP contribution in [0, 0.1) is 17.8 Å². The van der Waals surface area contributed by atoms with Crippen LogP contribution in [0.4, 0.5) is 4.79 Å². The summed E-state index contributed by atoms with van der Waals surface area (Å²) < 4.78 is 5.21. The second-order valence-electron chi connectivity index (χ2n) is 9.43. The Bertz CT molecular complexity index is 554. The van der Waals surface area contributed by atoms with E-state index in [1.54, 1.807) is 4.90 Å². The highest BCUT2D eigenvalue weighted by atomic mass is 35.5. The minimum Gasteiger partial charge on any atom is -0.481 e. The highest BCUT2D eigenvalue weighted by Gasteiger charge is 2.30. The molecule has 2 saturated heterocycles. The Morgan fingerprint density at radius 1 is 1.00 bits per heavy atom. The summed E-state index contributed by atoms with van der Waals surface area (Å²) in [6.45, 7) is 8.70. The molecule has 0 unspecified atom stereocenters. The van der Waals surface area contributed by atoms with Crippen LogP contribution in [0.3, 0.4) is 0 Å². The molecule has 29 heavy (non-hydrogen) atoms. The summed E-state index contributed by atoms with van der Waals surface area (Å²) >= 11 is 0. The summed E-state index contributed by atoms with van der Waals surface area (Å²) in [4.78, 5) is 35.2. The molecule has 168 valence electrons. The maximum Gasteiger partial charge on any atom is 0.410 e. The fraction of sp³-hybridized carbons (Fsp3) is 0.857. The number of hydrogen-bond donors (Lipinski definition) is 2. The molecule has 0 radical (unpaired) electrons. The van der Waals surface area contributed by atoms with Gasteiger partial charge in [-0.2, -0.15) is 0 Å². The number of nitrogens with zero attached hydrogens (tertiary/aromatic N) is 1. The van der Waals surface area contributed by atoms with Crippen molar-refractivity contribution in [2.75, 3.05) is 26.2 Å². The van der Waals surface area contributed by atoms with Crippen molar-refractivity contribution < 1.29 is 24.2 Å². The number of rotatable bonds is 6. The number of nitrogens with one attached hydrogen (secondary N) is 1. The number of Topliss-reactive ketones (excluding diaryl/α,β-unsaturated/α-hetero) is 1. The molecule has 8 heteroatoms. The normalized spacial score (nSPS) is 23.6. The number of aliphatic carboxylic acids is 1. The molecule has 3 fully saturated rings. The predicted octanol–water partition coefficient (Wildman–Crippen LogP) is 3.50. The van der Waals surface area contributed by atoms with E-state index < -0.39 is 11.6 Å². The number of likely N-dealkylation sites (tertiary alicyclic amines) is 1. The van der Waals surface area contributed by atoms with E-state index in [1.165, 1.54) is 19.3 Å². The average molecular weight is 433 g/mol. The van der Waals surface area contributed by atoms with Gasteiger partial charge in [-0.15, -0.1) is 12.4 Å². The maximum atomic E-state index is 11.6. The molecule has 3 aliphatic rings. The van der Waals surface area contributed by atoms with E-state index in [-0.39, 0.29) is 30.8 Å². The molecule has 2 atom stereocenters. The molecular weight excluding hydrogens is 396 g/mol. The molecule has 3 rings (SSSR count). The molecule has 1 amide bonds. The third-order valence-corrected chi connectivity index (χ3v) is 5.29. The zero-order valence-corrected chi connectivity index (χ0v) is 18.8. The van der Waals surface area contributed by atoms with Crippen LogP contribution in [0.25, 0.3) is 0 Å². The van der Waals surface area contributed by atoms with Crippen LogP contribution in [0.2, 0.25) is 0 Å². The second-order valence-corrected chi connectivity index (χ2v) is 9.43. The minimum atomic E-state index is -0.809. The monoisotopic (exact) mass is 432 g/mol. The van der Waals surface area contributed by atoms with E-state index in [4.69, 9.17) is 9.84 Å². The van der Waals surface area contributed by atoms with Crippen molar-refractivity contribution in [1.29, 1.82) is 0 Å². The van der Waals surface area contributed by atoms with Gasteiger partial charge >= 0.3 is 12.1 Å². The Kier molecular flexibility index (Phi) is 10.4. The van der Waals surface area contributed by atoms with E-state index in [9.17, 15) is 14.4 Å². The quantitative estimate of drug-likeness (QED) is 0.666. The summed E-state index contributed by atoms with van der Waals surface area (Å²) in [6.07, 6.45) is 6.03. The van der Waals surface area contributed by atoms with E-state index in [0.29, 0.717) is 24.8 Å². The molecule has 2 N–H and O–H groups in total. The summed E-state index contributed by atoms with van der Waals surface area (Å²) in [5, 5.41) is 11.9. The Balaban J connectivity index is 0.000000289. The first-order valence-corrected chi connectivity index (χ1v) is 10.5. The van der Waals surface area contributed by atoms with Gasteiger partial charge in [0.2, 0.25) is 0 Å². The lowest BCUT2D eigenvalue weighted by Crippen LogP contribution is -2.35. The number of carboxylic acids is 1. The molecule has 0 aromatic rings. The van der Waals surface area contributed by atoms with Gasteiger partial charge in [0, 0.05) is 32.4 Å². The van der Waals surface area contributed by atoms with Crippen LogP contribution in [-0.2, 0) is 14.3 Å². The first-order valence-electron chi connectivity index (χ1n) is 10.5. The van der Waals surface area contributed by atoms with E-state index in [2.05, 4.69) is 5.32 Å². The molecule has 1 saturated carbocycles. The van der Waals surface area contributed by atoms with Gasteiger partial charge < -0.3 is 20.1 Å². The van der Waals surface area contributed by atoms with Crippen molar-refractivity contribution in [2.45, 2.75) is 71.3 Å². The Labute approximate surface area is 180 Å². The SMILES string of the molecule is CC(C)(C)OC(=O)N1CC[C@H](CC(=O)O)C1.Cl.O=C(CC1CC1)C[C@H]1CCNC1. The lowest BCUT2D eigenvalue weighted by molar-refractivity contribution is -0.138. The number of carbonyl (C=O) groups is 3. The van der Waals surface area contributed by atoms with Gasteiger partial charge in [0.15, 0.2) is 0 Å². The van der Waals surface area contributed by atoms with Crippen LogP contribution < -0.4 is 5.32 Å². The fourth-order valence-electron chi connectivity index (χ4n) is 3.68. The smallest absolute Gasteiger partial charge is 0.410 e. The highest BCUT2D eigenvalue weighted by Crippen LogP contribution is 2.33. The predicted molar refractivity (Wildman–Crippen MR) is 113 cm³/mol. The third kappa shape index (κ3) is 10.8. The standard InChI is InChI=1S/C11H19NO4.C10H17NO.ClH/c1-11(2,3)16-10(15)12-5-4-8(7-12)6-9(13)14;12-10(5-8-1-2-8)6-9-3-4-11-7-9;/h8H,4-7H2,1-3H3,(H,13,14);8-9,11H,1-7H2;1H/t8-;9-;/m11./s1. The first kappa shape index (κ1) is 25.7. The van der Waals surface area contributed by atoms with Crippen molar-refractivity contribution in [3.8, 4) is 0 Å². The van der Waals surface area contributed by atoms with E-state index in [1.807, 2.05) is 20.8 Å². The number of hydrogen-bond acceptors (Lipinski definition) is 5. The molecular formula is C21H37ClN2O5. The molecule has 0 bridgehead atoms. The fourth-order valence-corrected chi connectivity index (χ4v) is 3.68. The number of carbonyl (C=O) groups excluding carboxylic acids is 2. The summed E-state index contributed by atoms with van der Waals surface area (Å²) in [7, 11) is 0. The number of halogens is 1. The van der Waals surface area contributed by atoms with Crippen LogP contribution in [0.1, 0.15) is 65.7 Å². The second kappa shape index (κ2) is 11.7. The van der Waals surface area contributed by atoms with E-state index in [0.717, 1.165) is 38.3 Å². The zero-order valence-electron chi connectivity index (χ0n) is 17.9. The number of ether oxygens (including phenoxy) is 1. The lowest BCUT2D eigenvalue weighted by Gasteiger charge is -2.24. The third-order valence-electron chi connectivity index (χ3n) is 5.29. The van der Waals surface area contributed by atoms with Crippen LogP contribution in [0.15, 0.2) is 0 Å². The van der Waals surface area contributed by atoms with Crippen molar-refractivity contribution in [3.63, 3.8) is 0 Å². The van der Waals surface area contributed by atoms with Gasteiger partial charge in [-0.25, -0.2) is 4.79 Å². The molecule has 7 nitrogen and oxygen atoms in total. The van der Waals surface area contributed by atoms with Crippen LogP contribution in [-0.4, -0.2) is 59.6 Å². The summed E-state index contributed by atoms with van der Waals surface area (Å²) in [5.41, 5.74) is -0.498. The maximum absolute atomic E-state index is 11.6. The van der Waals surface area contributed by atoms with Gasteiger partial charge in [-0.3, -0.25) is 9.59 Å². The molecule has 1 aliphatic carbocycles. The summed E-state index contributed by atoms with van der Waals surface area (Å²) in [6, 6.07) is 0. The van der Waals surface area contributed by atoms with E-state index >= 15 is 0 Å². The molecule has 0 spiro atoms.